The van der Waals surface area contributed by atoms with E-state index in [9.17, 15) is 14.9 Å². The first-order valence-corrected chi connectivity index (χ1v) is 8.70. The third kappa shape index (κ3) is 4.95. The van der Waals surface area contributed by atoms with Crippen molar-refractivity contribution in [2.45, 2.75) is 38.1 Å². The van der Waals surface area contributed by atoms with Crippen molar-refractivity contribution in [1.82, 2.24) is 5.32 Å². The van der Waals surface area contributed by atoms with Crippen molar-refractivity contribution in [3.8, 4) is 11.5 Å². The van der Waals surface area contributed by atoms with E-state index in [2.05, 4.69) is 10.6 Å². The highest BCUT2D eigenvalue weighted by atomic mass is 16.6. The van der Waals surface area contributed by atoms with Crippen molar-refractivity contribution in [3.05, 3.63) is 58.6 Å². The number of benzene rings is 2. The van der Waals surface area contributed by atoms with E-state index in [4.69, 9.17) is 4.74 Å². The van der Waals surface area contributed by atoms with Gasteiger partial charge in [-0.2, -0.15) is 0 Å². The largest absolute Gasteiger partial charge is 0.457 e. The first-order chi connectivity index (χ1) is 12.6. The summed E-state index contributed by atoms with van der Waals surface area (Å²) in [5.41, 5.74) is 0.690. The Balaban J connectivity index is 1.52. The second-order valence-electron chi connectivity index (χ2n) is 6.31. The first-order valence-electron chi connectivity index (χ1n) is 8.70. The number of nitro benzene ring substituents is 1. The van der Waals surface area contributed by atoms with Crippen LogP contribution in [-0.2, 0) is 0 Å². The molecule has 1 fully saturated rings. The number of urea groups is 1. The van der Waals surface area contributed by atoms with Crippen LogP contribution in [0.2, 0.25) is 0 Å². The summed E-state index contributed by atoms with van der Waals surface area (Å²) in [5, 5.41) is 16.5. The topological polar surface area (TPSA) is 93.5 Å². The molecule has 0 saturated heterocycles. The number of non-ortho nitro benzene ring substituents is 1. The Bertz CT molecular complexity index is 753. The molecule has 1 saturated carbocycles. The number of hydrogen-bond acceptors (Lipinski definition) is 4. The van der Waals surface area contributed by atoms with Crippen LogP contribution in [0.1, 0.15) is 32.1 Å². The summed E-state index contributed by atoms with van der Waals surface area (Å²) < 4.78 is 5.64. The third-order valence-corrected chi connectivity index (χ3v) is 4.34. The first kappa shape index (κ1) is 17.7. The lowest BCUT2D eigenvalue weighted by molar-refractivity contribution is -0.384. The molecule has 0 bridgehead atoms. The van der Waals surface area contributed by atoms with Gasteiger partial charge < -0.3 is 15.4 Å². The average Bonchev–Trinajstić information content (AvgIpc) is 2.64. The summed E-state index contributed by atoms with van der Waals surface area (Å²) in [7, 11) is 0. The van der Waals surface area contributed by atoms with Crippen molar-refractivity contribution >= 4 is 17.4 Å². The van der Waals surface area contributed by atoms with Crippen LogP contribution >= 0.6 is 0 Å². The number of nitrogens with zero attached hydrogens (tertiary/aromatic N) is 1. The molecule has 1 aliphatic rings. The normalized spacial score (nSPS) is 14.5. The van der Waals surface area contributed by atoms with Crippen LogP contribution in [0.4, 0.5) is 16.2 Å². The molecule has 7 nitrogen and oxygen atoms in total. The standard InChI is InChI=1S/C19H21N3O4/c23-19(20-14-4-2-1-3-5-14)21-15-6-10-17(11-7-15)26-18-12-8-16(9-13-18)22(24)25/h6-14H,1-5H2,(H2,20,21,23). The lowest BCUT2D eigenvalue weighted by atomic mass is 9.96. The second-order valence-corrected chi connectivity index (χ2v) is 6.31. The highest BCUT2D eigenvalue weighted by Crippen LogP contribution is 2.25. The van der Waals surface area contributed by atoms with E-state index >= 15 is 0 Å². The number of carbonyl (C=O) groups is 1. The summed E-state index contributed by atoms with van der Waals surface area (Å²) in [6.45, 7) is 0. The van der Waals surface area contributed by atoms with E-state index < -0.39 is 4.92 Å². The van der Waals surface area contributed by atoms with Crippen LogP contribution in [0.5, 0.6) is 11.5 Å². The molecule has 0 radical (unpaired) electrons. The lowest BCUT2D eigenvalue weighted by Crippen LogP contribution is -2.38. The van der Waals surface area contributed by atoms with Crippen LogP contribution < -0.4 is 15.4 Å². The third-order valence-electron chi connectivity index (χ3n) is 4.34. The quantitative estimate of drug-likeness (QED) is 0.593. The van der Waals surface area contributed by atoms with Crippen LogP contribution in [0.3, 0.4) is 0 Å². The molecule has 1 aliphatic carbocycles. The predicted molar refractivity (Wildman–Crippen MR) is 98.6 cm³/mol. The monoisotopic (exact) mass is 355 g/mol. The molecule has 26 heavy (non-hydrogen) atoms. The van der Waals surface area contributed by atoms with Crippen LogP contribution in [-0.4, -0.2) is 17.0 Å². The highest BCUT2D eigenvalue weighted by Gasteiger charge is 2.15. The number of anilines is 1. The van der Waals surface area contributed by atoms with Crippen molar-refractivity contribution in [3.63, 3.8) is 0 Å². The maximum Gasteiger partial charge on any atom is 0.319 e. The number of rotatable bonds is 5. The smallest absolute Gasteiger partial charge is 0.319 e. The zero-order chi connectivity index (χ0) is 18.4. The molecule has 0 spiro atoms. The molecule has 2 amide bonds. The Hall–Kier alpha value is -3.09. The molecule has 2 N–H and O–H groups in total. The fraction of sp³-hybridized carbons (Fsp3) is 0.316. The Kier molecular flexibility index (Phi) is 5.68. The molecule has 2 aromatic rings. The zero-order valence-electron chi connectivity index (χ0n) is 14.3. The van der Waals surface area contributed by atoms with Crippen LogP contribution in [0.25, 0.3) is 0 Å². The van der Waals surface area contributed by atoms with E-state index in [0.29, 0.717) is 17.2 Å². The molecule has 136 valence electrons. The van der Waals surface area contributed by atoms with E-state index in [-0.39, 0.29) is 17.8 Å². The minimum atomic E-state index is -0.456. The fourth-order valence-electron chi connectivity index (χ4n) is 2.98. The lowest BCUT2D eigenvalue weighted by Gasteiger charge is -2.22. The van der Waals surface area contributed by atoms with Gasteiger partial charge in [0.2, 0.25) is 0 Å². The maximum absolute atomic E-state index is 12.0. The fourth-order valence-corrected chi connectivity index (χ4v) is 2.98. The highest BCUT2D eigenvalue weighted by molar-refractivity contribution is 5.89. The number of ether oxygens (including phenoxy) is 1. The maximum atomic E-state index is 12.0. The van der Waals surface area contributed by atoms with E-state index in [1.807, 2.05) is 0 Å². The van der Waals surface area contributed by atoms with E-state index in [1.165, 1.54) is 31.4 Å². The molecular formula is C19H21N3O4. The van der Waals surface area contributed by atoms with E-state index in [0.717, 1.165) is 12.8 Å². The van der Waals surface area contributed by atoms with Gasteiger partial charge in [-0.25, -0.2) is 4.79 Å². The zero-order valence-corrected chi connectivity index (χ0v) is 14.3. The molecule has 0 unspecified atom stereocenters. The summed E-state index contributed by atoms with van der Waals surface area (Å²) in [4.78, 5) is 22.2. The predicted octanol–water partition coefficient (Wildman–Crippen LogP) is 4.84. The molecule has 0 aliphatic heterocycles. The van der Waals surface area contributed by atoms with Gasteiger partial charge in [-0.15, -0.1) is 0 Å². The number of hydrogen-bond donors (Lipinski definition) is 2. The molecule has 0 aromatic heterocycles. The number of nitro groups is 1. The van der Waals surface area contributed by atoms with Gasteiger partial charge in [0.1, 0.15) is 11.5 Å². The Labute approximate surface area is 151 Å². The van der Waals surface area contributed by atoms with Gasteiger partial charge in [0.05, 0.1) is 4.92 Å². The van der Waals surface area contributed by atoms with Gasteiger partial charge in [0.25, 0.3) is 5.69 Å². The Morgan fingerprint density at radius 3 is 2.12 bits per heavy atom. The van der Waals surface area contributed by atoms with Crippen molar-refractivity contribution < 1.29 is 14.5 Å². The van der Waals surface area contributed by atoms with Gasteiger partial charge in [-0.05, 0) is 49.2 Å². The summed E-state index contributed by atoms with van der Waals surface area (Å²) in [6, 6.07) is 12.9. The minimum Gasteiger partial charge on any atom is -0.457 e. The molecule has 3 rings (SSSR count). The van der Waals surface area contributed by atoms with Crippen LogP contribution in [0, 0.1) is 10.1 Å². The van der Waals surface area contributed by atoms with E-state index in [1.54, 1.807) is 36.4 Å². The van der Waals surface area contributed by atoms with Gasteiger partial charge in [-0.3, -0.25) is 10.1 Å². The Morgan fingerprint density at radius 1 is 0.962 bits per heavy atom. The van der Waals surface area contributed by atoms with Crippen molar-refractivity contribution in [2.75, 3.05) is 5.32 Å². The van der Waals surface area contributed by atoms with Crippen molar-refractivity contribution in [2.24, 2.45) is 0 Å². The molecule has 0 heterocycles. The summed E-state index contributed by atoms with van der Waals surface area (Å²) in [5.74, 6) is 1.09. The summed E-state index contributed by atoms with van der Waals surface area (Å²) >= 11 is 0. The average molecular weight is 355 g/mol. The molecule has 0 atom stereocenters. The van der Waals surface area contributed by atoms with Gasteiger partial charge in [0.15, 0.2) is 0 Å². The van der Waals surface area contributed by atoms with Gasteiger partial charge in [-0.1, -0.05) is 19.3 Å². The molecular weight excluding hydrogens is 334 g/mol. The number of nitrogens with one attached hydrogen (secondary N) is 2. The number of carbonyl (C=O) groups excluding carboxylic acids is 1. The van der Waals surface area contributed by atoms with Gasteiger partial charge >= 0.3 is 6.03 Å². The van der Waals surface area contributed by atoms with Gasteiger partial charge in [0, 0.05) is 23.9 Å². The minimum absolute atomic E-state index is 0.0147. The SMILES string of the molecule is O=C(Nc1ccc(Oc2ccc([N+](=O)[O-])cc2)cc1)NC1CCCCC1. The molecule has 7 heteroatoms. The second kappa shape index (κ2) is 8.33. The summed E-state index contributed by atoms with van der Waals surface area (Å²) in [6.07, 6.45) is 5.65. The Morgan fingerprint density at radius 2 is 1.54 bits per heavy atom. The number of amides is 2. The molecule has 2 aromatic carbocycles. The van der Waals surface area contributed by atoms with Crippen LogP contribution in [0.15, 0.2) is 48.5 Å². The van der Waals surface area contributed by atoms with Crippen molar-refractivity contribution in [1.29, 1.82) is 0 Å².